The third kappa shape index (κ3) is 3.90. The van der Waals surface area contributed by atoms with Crippen LogP contribution in [0.15, 0.2) is 41.1 Å². The molecule has 0 spiro atoms. The normalized spacial score (nSPS) is 20.7. The summed E-state index contributed by atoms with van der Waals surface area (Å²) in [5.41, 5.74) is 2.90. The third-order valence-electron chi connectivity index (χ3n) is 5.38. The molecule has 140 valence electrons. The maximum atomic E-state index is 5.53. The molecule has 0 bridgehead atoms. The molecule has 6 heteroatoms. The van der Waals surface area contributed by atoms with E-state index < -0.39 is 0 Å². The Morgan fingerprint density at radius 2 is 1.70 bits per heavy atom. The van der Waals surface area contributed by atoms with Crippen LogP contribution in [0.2, 0.25) is 0 Å². The fourth-order valence-corrected chi connectivity index (χ4v) is 3.79. The Balaban J connectivity index is 1.50. The number of piperidine rings is 1. The van der Waals surface area contributed by atoms with Crippen molar-refractivity contribution in [1.29, 1.82) is 0 Å². The molecule has 3 aromatic rings. The Morgan fingerprint density at radius 3 is 2.41 bits per heavy atom. The van der Waals surface area contributed by atoms with Crippen molar-refractivity contribution >= 4 is 0 Å². The van der Waals surface area contributed by atoms with Crippen molar-refractivity contribution in [3.05, 3.63) is 48.2 Å². The average molecular weight is 363 g/mol. The van der Waals surface area contributed by atoms with Gasteiger partial charge >= 0.3 is 0 Å². The number of hydrogen-bond acceptors (Lipinski definition) is 6. The molecule has 0 N–H and O–H groups in total. The van der Waals surface area contributed by atoms with Crippen LogP contribution in [0.3, 0.4) is 0 Å². The van der Waals surface area contributed by atoms with Gasteiger partial charge in [0.25, 0.3) is 0 Å². The molecule has 1 saturated heterocycles. The highest BCUT2D eigenvalue weighted by atomic mass is 16.5. The molecular formula is C21H25N5O. The highest BCUT2D eigenvalue weighted by Gasteiger charge is 2.26. The highest BCUT2D eigenvalue weighted by Crippen LogP contribution is 2.26. The number of aryl methyl sites for hydroxylation is 1. The van der Waals surface area contributed by atoms with Crippen molar-refractivity contribution in [2.75, 3.05) is 0 Å². The van der Waals surface area contributed by atoms with Crippen LogP contribution >= 0.6 is 0 Å². The molecule has 0 aliphatic carbocycles. The second kappa shape index (κ2) is 7.56. The summed E-state index contributed by atoms with van der Waals surface area (Å²) in [6, 6.07) is 11.1. The molecule has 0 saturated carbocycles. The van der Waals surface area contributed by atoms with Crippen LogP contribution in [-0.4, -0.2) is 37.1 Å². The second-order valence-corrected chi connectivity index (χ2v) is 7.38. The van der Waals surface area contributed by atoms with Crippen molar-refractivity contribution < 1.29 is 4.52 Å². The van der Waals surface area contributed by atoms with Gasteiger partial charge in [0.2, 0.25) is 11.7 Å². The minimum absolute atomic E-state index is 0.555. The quantitative estimate of drug-likeness (QED) is 0.690. The zero-order valence-electron chi connectivity index (χ0n) is 16.1. The van der Waals surface area contributed by atoms with Crippen molar-refractivity contribution in [2.24, 2.45) is 0 Å². The fourth-order valence-electron chi connectivity index (χ4n) is 3.79. The Morgan fingerprint density at radius 1 is 1.00 bits per heavy atom. The van der Waals surface area contributed by atoms with Crippen molar-refractivity contribution in [3.8, 4) is 22.6 Å². The molecule has 3 heterocycles. The maximum absolute atomic E-state index is 5.53. The van der Waals surface area contributed by atoms with Gasteiger partial charge in [-0.25, -0.2) is 9.97 Å². The number of nitrogens with zero attached hydrogens (tertiary/aromatic N) is 5. The minimum Gasteiger partial charge on any atom is -0.338 e. The van der Waals surface area contributed by atoms with Gasteiger partial charge < -0.3 is 4.52 Å². The lowest BCUT2D eigenvalue weighted by atomic mass is 9.98. The zero-order valence-corrected chi connectivity index (χ0v) is 16.1. The monoisotopic (exact) mass is 363 g/mol. The molecule has 1 fully saturated rings. The van der Waals surface area contributed by atoms with Crippen LogP contribution in [0.4, 0.5) is 0 Å². The number of rotatable bonds is 4. The van der Waals surface area contributed by atoms with Crippen LogP contribution in [0.1, 0.15) is 44.8 Å². The van der Waals surface area contributed by atoms with Gasteiger partial charge in [-0.2, -0.15) is 4.98 Å². The van der Waals surface area contributed by atoms with E-state index in [1.54, 1.807) is 6.20 Å². The van der Waals surface area contributed by atoms with Crippen molar-refractivity contribution in [2.45, 2.75) is 58.7 Å². The van der Waals surface area contributed by atoms with E-state index in [-0.39, 0.29) is 0 Å². The predicted octanol–water partition coefficient (Wildman–Crippen LogP) is 4.26. The fraction of sp³-hybridized carbons (Fsp3) is 0.429. The van der Waals surface area contributed by atoms with Gasteiger partial charge in [0.15, 0.2) is 0 Å². The van der Waals surface area contributed by atoms with Gasteiger partial charge in [-0.05, 0) is 39.7 Å². The zero-order chi connectivity index (χ0) is 18.8. The average Bonchev–Trinajstić information content (AvgIpc) is 3.14. The van der Waals surface area contributed by atoms with Crippen LogP contribution in [0, 0.1) is 6.92 Å². The minimum atomic E-state index is 0.555. The summed E-state index contributed by atoms with van der Waals surface area (Å²) in [7, 11) is 0. The Kier molecular flexibility index (Phi) is 4.99. The molecule has 2 atom stereocenters. The molecule has 4 rings (SSSR count). The second-order valence-electron chi connectivity index (χ2n) is 7.38. The van der Waals surface area contributed by atoms with Crippen LogP contribution in [0.25, 0.3) is 22.6 Å². The molecular weight excluding hydrogens is 338 g/mol. The first-order valence-electron chi connectivity index (χ1n) is 9.59. The largest absolute Gasteiger partial charge is 0.338 e. The number of likely N-dealkylation sites (tertiary alicyclic amines) is 1. The maximum Gasteiger partial charge on any atom is 0.241 e. The molecule has 6 nitrogen and oxygen atoms in total. The number of benzene rings is 1. The van der Waals surface area contributed by atoms with Crippen LogP contribution in [0.5, 0.6) is 0 Å². The molecule has 0 radical (unpaired) electrons. The molecule has 2 aromatic heterocycles. The summed E-state index contributed by atoms with van der Waals surface area (Å²) in [5, 5.41) is 4.18. The van der Waals surface area contributed by atoms with Gasteiger partial charge in [0.05, 0.1) is 12.2 Å². The lowest BCUT2D eigenvalue weighted by Gasteiger charge is -2.37. The third-order valence-corrected chi connectivity index (χ3v) is 5.38. The van der Waals surface area contributed by atoms with Crippen LogP contribution in [-0.2, 0) is 6.54 Å². The summed E-state index contributed by atoms with van der Waals surface area (Å²) in [6.07, 6.45) is 5.54. The number of hydrogen-bond donors (Lipinski definition) is 0. The molecule has 0 unspecified atom stereocenters. The summed E-state index contributed by atoms with van der Waals surface area (Å²) in [6.45, 7) is 7.16. The number of aromatic nitrogens is 4. The summed E-state index contributed by atoms with van der Waals surface area (Å²) < 4.78 is 5.53. The Hall–Kier alpha value is -2.60. The topological polar surface area (TPSA) is 67.9 Å². The van der Waals surface area contributed by atoms with Gasteiger partial charge in [-0.15, -0.1) is 0 Å². The van der Waals surface area contributed by atoms with E-state index in [1.165, 1.54) is 19.3 Å². The van der Waals surface area contributed by atoms with Gasteiger partial charge in [0, 0.05) is 29.4 Å². The Labute approximate surface area is 159 Å². The lowest BCUT2D eigenvalue weighted by Crippen LogP contribution is -2.43. The van der Waals surface area contributed by atoms with E-state index in [0.29, 0.717) is 30.3 Å². The molecule has 1 aliphatic rings. The van der Waals surface area contributed by atoms with E-state index in [0.717, 1.165) is 22.6 Å². The van der Waals surface area contributed by atoms with E-state index in [2.05, 4.69) is 38.9 Å². The van der Waals surface area contributed by atoms with Gasteiger partial charge in [0.1, 0.15) is 5.82 Å². The first kappa shape index (κ1) is 17.8. The van der Waals surface area contributed by atoms with Crippen molar-refractivity contribution in [3.63, 3.8) is 0 Å². The molecule has 1 aromatic carbocycles. The summed E-state index contributed by atoms with van der Waals surface area (Å²) >= 11 is 0. The molecule has 27 heavy (non-hydrogen) atoms. The highest BCUT2D eigenvalue weighted by molar-refractivity contribution is 5.64. The van der Waals surface area contributed by atoms with Crippen LogP contribution < -0.4 is 0 Å². The predicted molar refractivity (Wildman–Crippen MR) is 104 cm³/mol. The smallest absolute Gasteiger partial charge is 0.241 e. The lowest BCUT2D eigenvalue weighted by molar-refractivity contribution is 0.0825. The van der Waals surface area contributed by atoms with E-state index in [1.807, 2.05) is 37.3 Å². The van der Waals surface area contributed by atoms with E-state index >= 15 is 0 Å². The summed E-state index contributed by atoms with van der Waals surface area (Å²) in [5.74, 6) is 2.08. The first-order valence-corrected chi connectivity index (χ1v) is 9.59. The standard InChI is InChI=1S/C21H25N5O/c1-14-5-4-6-15(2)26(14)13-20-24-21(25-27-20)18-9-7-17(8-10-18)19-11-12-22-16(3)23-19/h7-12,14-15H,4-6,13H2,1-3H3/t14-,15-/m1/s1. The molecule has 1 aliphatic heterocycles. The first-order chi connectivity index (χ1) is 13.1. The molecule has 0 amide bonds. The van der Waals surface area contributed by atoms with Crippen molar-refractivity contribution in [1.82, 2.24) is 25.0 Å². The van der Waals surface area contributed by atoms with Gasteiger partial charge in [-0.3, -0.25) is 4.90 Å². The SMILES string of the molecule is Cc1nccc(-c2ccc(-c3noc(CN4[C@H](C)CCC[C@H]4C)n3)cc2)n1. The van der Waals surface area contributed by atoms with Gasteiger partial charge in [-0.1, -0.05) is 35.8 Å². The summed E-state index contributed by atoms with van der Waals surface area (Å²) in [4.78, 5) is 15.7. The van der Waals surface area contributed by atoms with E-state index in [9.17, 15) is 0 Å². The Bertz CT molecular complexity index is 895. The van der Waals surface area contributed by atoms with E-state index in [4.69, 9.17) is 4.52 Å².